The van der Waals surface area contributed by atoms with Crippen LogP contribution in [-0.2, 0) is 9.53 Å². The highest BCUT2D eigenvalue weighted by atomic mass is 16.5. The summed E-state index contributed by atoms with van der Waals surface area (Å²) >= 11 is 0. The molecule has 156 valence electrons. The number of nitrogens with zero attached hydrogens (tertiary/aromatic N) is 2. The van der Waals surface area contributed by atoms with Gasteiger partial charge in [-0.05, 0) is 45.0 Å². The van der Waals surface area contributed by atoms with Gasteiger partial charge in [-0.1, -0.05) is 30.3 Å². The molecule has 0 aliphatic heterocycles. The number of aromatic nitrogens is 2. The Morgan fingerprint density at radius 3 is 2.33 bits per heavy atom. The van der Waals surface area contributed by atoms with Crippen molar-refractivity contribution in [3.63, 3.8) is 0 Å². The largest absolute Gasteiger partial charge is 0.496 e. The summed E-state index contributed by atoms with van der Waals surface area (Å²) in [6.07, 6.45) is 0.664. The van der Waals surface area contributed by atoms with E-state index in [2.05, 4.69) is 10.4 Å². The summed E-state index contributed by atoms with van der Waals surface area (Å²) in [4.78, 5) is 25.2. The molecule has 1 aromatic heterocycles. The van der Waals surface area contributed by atoms with Crippen LogP contribution in [0.25, 0.3) is 16.9 Å². The number of hydrogen-bond donors (Lipinski definition) is 1. The Kier molecular flexibility index (Phi) is 6.51. The number of hydrogen-bond acceptors (Lipinski definition) is 5. The molecule has 0 saturated heterocycles. The van der Waals surface area contributed by atoms with Crippen LogP contribution in [0.5, 0.6) is 5.75 Å². The minimum atomic E-state index is -0.939. The van der Waals surface area contributed by atoms with Crippen LogP contribution in [0, 0.1) is 0 Å². The first-order chi connectivity index (χ1) is 14.4. The fourth-order valence-corrected chi connectivity index (χ4v) is 2.95. The number of amides is 1. The fraction of sp³-hybridized carbons (Fsp3) is 0.261. The molecule has 1 atom stereocenters. The smallest absolute Gasteiger partial charge is 0.342 e. The molecule has 0 saturated carbocycles. The van der Waals surface area contributed by atoms with E-state index in [1.165, 1.54) is 0 Å². The molecule has 7 nitrogen and oxygen atoms in total. The zero-order chi connectivity index (χ0) is 21.7. The number of esters is 1. The van der Waals surface area contributed by atoms with Crippen molar-refractivity contribution in [2.45, 2.75) is 32.9 Å². The molecule has 3 rings (SSSR count). The second-order valence-electron chi connectivity index (χ2n) is 7.08. The first kappa shape index (κ1) is 21.1. The van der Waals surface area contributed by atoms with Crippen molar-refractivity contribution in [1.82, 2.24) is 15.1 Å². The molecule has 1 heterocycles. The van der Waals surface area contributed by atoms with Crippen LogP contribution in [0.4, 0.5) is 0 Å². The molecule has 0 aliphatic rings. The second-order valence-corrected chi connectivity index (χ2v) is 7.08. The molecule has 7 heteroatoms. The highest BCUT2D eigenvalue weighted by Crippen LogP contribution is 2.32. The summed E-state index contributed by atoms with van der Waals surface area (Å²) in [5.74, 6) is -0.410. The van der Waals surface area contributed by atoms with Gasteiger partial charge in [-0.2, -0.15) is 5.10 Å². The van der Waals surface area contributed by atoms with Gasteiger partial charge in [-0.15, -0.1) is 0 Å². The quantitative estimate of drug-likeness (QED) is 0.605. The lowest BCUT2D eigenvalue weighted by Crippen LogP contribution is -2.39. The topological polar surface area (TPSA) is 82.5 Å². The maximum Gasteiger partial charge on any atom is 0.342 e. The zero-order valence-corrected chi connectivity index (χ0v) is 17.5. The first-order valence-corrected chi connectivity index (χ1v) is 9.70. The lowest BCUT2D eigenvalue weighted by Gasteiger charge is -2.15. The average Bonchev–Trinajstić information content (AvgIpc) is 3.19. The monoisotopic (exact) mass is 407 g/mol. The number of benzene rings is 2. The summed E-state index contributed by atoms with van der Waals surface area (Å²) in [7, 11) is 1.56. The minimum absolute atomic E-state index is 0.0522. The van der Waals surface area contributed by atoms with Crippen LogP contribution in [-0.4, -0.2) is 40.9 Å². The van der Waals surface area contributed by atoms with E-state index < -0.39 is 12.1 Å². The lowest BCUT2D eigenvalue weighted by atomic mass is 10.1. The molecule has 0 bridgehead atoms. The van der Waals surface area contributed by atoms with Crippen molar-refractivity contribution in [2.24, 2.45) is 0 Å². The Bertz CT molecular complexity index is 1030. The van der Waals surface area contributed by atoms with E-state index >= 15 is 0 Å². The lowest BCUT2D eigenvalue weighted by molar-refractivity contribution is -0.129. The van der Waals surface area contributed by atoms with Crippen molar-refractivity contribution >= 4 is 11.9 Å². The van der Waals surface area contributed by atoms with Gasteiger partial charge in [0, 0.05) is 17.8 Å². The van der Waals surface area contributed by atoms with Crippen LogP contribution in [0.2, 0.25) is 0 Å². The van der Waals surface area contributed by atoms with Crippen LogP contribution in [0.15, 0.2) is 60.8 Å². The highest BCUT2D eigenvalue weighted by molar-refractivity contribution is 5.98. The normalized spacial score (nSPS) is 11.8. The van der Waals surface area contributed by atoms with Crippen LogP contribution < -0.4 is 10.1 Å². The van der Waals surface area contributed by atoms with Gasteiger partial charge in [0.25, 0.3) is 5.91 Å². The molecular weight excluding hydrogens is 382 g/mol. The SMILES string of the molecule is COc1ccccc1-c1nn(-c2ccccc2)cc1C(=O)OC(C)C(=O)NC(C)C. The molecule has 1 amide bonds. The molecule has 30 heavy (non-hydrogen) atoms. The van der Waals surface area contributed by atoms with E-state index in [4.69, 9.17) is 9.47 Å². The van der Waals surface area contributed by atoms with Crippen LogP contribution >= 0.6 is 0 Å². The van der Waals surface area contributed by atoms with Crippen molar-refractivity contribution in [3.05, 3.63) is 66.4 Å². The third kappa shape index (κ3) is 4.68. The average molecular weight is 407 g/mol. The predicted octanol–water partition coefficient (Wildman–Crippen LogP) is 3.62. The predicted molar refractivity (Wildman–Crippen MR) is 114 cm³/mol. The Labute approximate surface area is 175 Å². The maximum atomic E-state index is 13.0. The molecule has 0 fully saturated rings. The standard InChI is InChI=1S/C23H25N3O4/c1-15(2)24-22(27)16(3)30-23(28)19-14-26(17-10-6-5-7-11-17)25-21(19)18-12-8-9-13-20(18)29-4/h5-16H,1-4H3,(H,24,27). The van der Waals surface area contributed by atoms with E-state index in [1.54, 1.807) is 31.0 Å². The Balaban J connectivity index is 2.01. The molecule has 1 N–H and O–H groups in total. The molecule has 3 aromatic rings. The van der Waals surface area contributed by atoms with Crippen molar-refractivity contribution in [1.29, 1.82) is 0 Å². The van der Waals surface area contributed by atoms with Gasteiger partial charge in [0.2, 0.25) is 0 Å². The highest BCUT2D eigenvalue weighted by Gasteiger charge is 2.25. The fourth-order valence-electron chi connectivity index (χ4n) is 2.95. The maximum absolute atomic E-state index is 13.0. The van der Waals surface area contributed by atoms with E-state index in [1.807, 2.05) is 62.4 Å². The molecule has 1 unspecified atom stereocenters. The Hall–Kier alpha value is -3.61. The summed E-state index contributed by atoms with van der Waals surface area (Å²) < 4.78 is 12.5. The number of rotatable bonds is 7. The molecule has 0 radical (unpaired) electrons. The summed E-state index contributed by atoms with van der Waals surface area (Å²) in [6, 6.07) is 16.7. The van der Waals surface area contributed by atoms with Crippen molar-refractivity contribution in [2.75, 3.05) is 7.11 Å². The van der Waals surface area contributed by atoms with E-state index in [9.17, 15) is 9.59 Å². The Morgan fingerprint density at radius 1 is 1.00 bits per heavy atom. The third-order valence-electron chi connectivity index (χ3n) is 4.40. The molecule has 0 aliphatic carbocycles. The van der Waals surface area contributed by atoms with Crippen molar-refractivity contribution in [3.8, 4) is 22.7 Å². The van der Waals surface area contributed by atoms with Gasteiger partial charge in [-0.25, -0.2) is 9.48 Å². The number of ether oxygens (including phenoxy) is 2. The van der Waals surface area contributed by atoms with Gasteiger partial charge in [-0.3, -0.25) is 4.79 Å². The number of carbonyl (C=O) groups is 2. The van der Waals surface area contributed by atoms with Gasteiger partial charge in [0.15, 0.2) is 6.10 Å². The van der Waals surface area contributed by atoms with E-state index in [-0.39, 0.29) is 17.5 Å². The molecule has 0 spiro atoms. The first-order valence-electron chi connectivity index (χ1n) is 9.70. The molecule has 2 aromatic carbocycles. The van der Waals surface area contributed by atoms with Crippen molar-refractivity contribution < 1.29 is 19.1 Å². The number of para-hydroxylation sites is 2. The summed E-state index contributed by atoms with van der Waals surface area (Å²) in [5, 5.41) is 7.35. The summed E-state index contributed by atoms with van der Waals surface area (Å²) in [6.45, 7) is 5.23. The van der Waals surface area contributed by atoms with Gasteiger partial charge in [0.1, 0.15) is 17.0 Å². The number of nitrogens with one attached hydrogen (secondary N) is 1. The number of carbonyl (C=O) groups excluding carboxylic acids is 2. The van der Waals surface area contributed by atoms with E-state index in [0.29, 0.717) is 17.0 Å². The van der Waals surface area contributed by atoms with Crippen LogP contribution in [0.3, 0.4) is 0 Å². The third-order valence-corrected chi connectivity index (χ3v) is 4.40. The minimum Gasteiger partial charge on any atom is -0.496 e. The Morgan fingerprint density at radius 2 is 1.67 bits per heavy atom. The second kappa shape index (κ2) is 9.26. The summed E-state index contributed by atoms with van der Waals surface area (Å²) in [5.41, 5.74) is 2.10. The number of methoxy groups -OCH3 is 1. The van der Waals surface area contributed by atoms with Gasteiger partial charge >= 0.3 is 5.97 Å². The van der Waals surface area contributed by atoms with Crippen LogP contribution in [0.1, 0.15) is 31.1 Å². The molecular formula is C23H25N3O4. The van der Waals surface area contributed by atoms with E-state index in [0.717, 1.165) is 5.69 Å². The zero-order valence-electron chi connectivity index (χ0n) is 17.5. The van der Waals surface area contributed by atoms with Gasteiger partial charge < -0.3 is 14.8 Å². The van der Waals surface area contributed by atoms with Gasteiger partial charge in [0.05, 0.1) is 12.8 Å².